The van der Waals surface area contributed by atoms with Crippen molar-refractivity contribution in [3.05, 3.63) is 22.8 Å². The quantitative estimate of drug-likeness (QED) is 0.676. The lowest BCUT2D eigenvalue weighted by atomic mass is 11.2. The second-order valence-corrected chi connectivity index (χ2v) is 18.2. The average molecular weight is 305 g/mol. The van der Waals surface area contributed by atoms with Crippen LogP contribution in [0.4, 0.5) is 0 Å². The van der Waals surface area contributed by atoms with E-state index in [9.17, 15) is 0 Å². The molecule has 106 valence electrons. The molecule has 0 rings (SSSR count). The maximum absolute atomic E-state index is 5.39. The zero-order chi connectivity index (χ0) is 14.4. The monoisotopic (exact) mass is 304 g/mol. The molecule has 0 amide bonds. The van der Waals surface area contributed by atoms with Gasteiger partial charge in [0.1, 0.15) is 0 Å². The van der Waals surface area contributed by atoms with Gasteiger partial charge in [0, 0.05) is 21.3 Å². The summed E-state index contributed by atoms with van der Waals surface area (Å²) < 4.78 is 16.2. The van der Waals surface area contributed by atoms with Crippen molar-refractivity contribution in [1.82, 2.24) is 0 Å². The van der Waals surface area contributed by atoms with E-state index in [2.05, 4.69) is 49.8 Å². The van der Waals surface area contributed by atoms with E-state index in [1.54, 1.807) is 21.3 Å². The molecule has 18 heavy (non-hydrogen) atoms. The van der Waals surface area contributed by atoms with Crippen molar-refractivity contribution in [1.29, 1.82) is 0 Å². The summed E-state index contributed by atoms with van der Waals surface area (Å²) in [5, 5.41) is 0. The van der Waals surface area contributed by atoms with Crippen LogP contribution in [0.3, 0.4) is 0 Å². The van der Waals surface area contributed by atoms with Crippen molar-refractivity contribution >= 4 is 25.0 Å². The van der Waals surface area contributed by atoms with Gasteiger partial charge in [0.15, 0.2) is 0 Å². The zero-order valence-corrected chi connectivity index (χ0v) is 16.0. The molecule has 0 spiro atoms. The Morgan fingerprint density at radius 1 is 0.611 bits per heavy atom. The normalized spacial score (nSPS) is 14.9. The van der Waals surface area contributed by atoms with Gasteiger partial charge in [-0.2, -0.15) is 0 Å². The first-order valence-electron chi connectivity index (χ1n) is 6.16. The fourth-order valence-corrected chi connectivity index (χ4v) is 8.56. The molecule has 0 bridgehead atoms. The molecule has 0 radical (unpaired) electrons. The van der Waals surface area contributed by atoms with E-state index >= 15 is 0 Å². The van der Waals surface area contributed by atoms with E-state index in [1.165, 1.54) is 0 Å². The number of rotatable bonds is 7. The minimum atomic E-state index is -2.57. The van der Waals surface area contributed by atoms with Crippen LogP contribution in [-0.4, -0.2) is 46.3 Å². The van der Waals surface area contributed by atoms with Crippen molar-refractivity contribution in [2.24, 2.45) is 0 Å². The summed E-state index contributed by atoms with van der Waals surface area (Å²) in [6.07, 6.45) is 0. The first kappa shape index (κ1) is 18.0. The lowest BCUT2D eigenvalue weighted by molar-refractivity contribution is 0.138. The van der Waals surface area contributed by atoms with Crippen molar-refractivity contribution in [3.8, 4) is 0 Å². The predicted molar refractivity (Wildman–Crippen MR) is 85.9 cm³/mol. The fourth-order valence-electron chi connectivity index (χ4n) is 1.29. The van der Waals surface area contributed by atoms with E-state index in [0.717, 1.165) is 0 Å². The molecule has 0 saturated heterocycles. The van der Waals surface area contributed by atoms with Crippen LogP contribution in [0, 0.1) is 0 Å². The van der Waals surface area contributed by atoms with Gasteiger partial charge in [0.2, 0.25) is 0 Å². The van der Waals surface area contributed by atoms with Gasteiger partial charge in [-0.3, -0.25) is 0 Å². The molecule has 0 fully saturated rings. The molecule has 0 aromatic heterocycles. The molecule has 0 aliphatic carbocycles. The first-order valence-corrected chi connectivity index (χ1v) is 14.7. The van der Waals surface area contributed by atoms with Crippen LogP contribution in [0.1, 0.15) is 0 Å². The summed E-state index contributed by atoms with van der Waals surface area (Å²) in [6.45, 7) is 11.6. The average Bonchev–Trinajstić information content (AvgIpc) is 2.29. The Hall–Kier alpha value is 0.0106. The Labute approximate surface area is 115 Å². The molecule has 0 atom stereocenters. The van der Waals surface area contributed by atoms with Crippen molar-refractivity contribution in [3.63, 3.8) is 0 Å². The third-order valence-electron chi connectivity index (χ3n) is 2.58. The standard InChI is InChI=1S/C12H28O3Si3/c1-13-18(14-2,15-3)12-11-17(7,8)10-9-16(4,5)6/h9-12H,1-8H3/b10-9+,12-11+. The summed E-state index contributed by atoms with van der Waals surface area (Å²) in [6, 6.07) is 0. The molecule has 0 N–H and O–H groups in total. The Morgan fingerprint density at radius 2 is 1.00 bits per heavy atom. The van der Waals surface area contributed by atoms with Gasteiger partial charge in [-0.25, -0.2) is 0 Å². The van der Waals surface area contributed by atoms with Crippen molar-refractivity contribution < 1.29 is 13.3 Å². The van der Waals surface area contributed by atoms with Crippen LogP contribution in [0.2, 0.25) is 32.7 Å². The second kappa shape index (κ2) is 6.97. The summed E-state index contributed by atoms with van der Waals surface area (Å²) in [7, 11) is -0.298. The lowest BCUT2D eigenvalue weighted by Crippen LogP contribution is -2.42. The maximum Gasteiger partial charge on any atom is 0.528 e. The van der Waals surface area contributed by atoms with E-state index in [1.807, 2.05) is 5.70 Å². The molecular weight excluding hydrogens is 276 g/mol. The summed E-state index contributed by atoms with van der Waals surface area (Å²) >= 11 is 0. The summed E-state index contributed by atoms with van der Waals surface area (Å²) in [5.41, 5.74) is 9.06. The zero-order valence-electron chi connectivity index (χ0n) is 13.0. The highest BCUT2D eigenvalue weighted by Gasteiger charge is 2.35. The molecule has 0 saturated carbocycles. The van der Waals surface area contributed by atoms with E-state index < -0.39 is 25.0 Å². The largest absolute Gasteiger partial charge is 0.528 e. The minimum Gasteiger partial charge on any atom is -0.374 e. The van der Waals surface area contributed by atoms with Crippen LogP contribution >= 0.6 is 0 Å². The first-order chi connectivity index (χ1) is 8.10. The van der Waals surface area contributed by atoms with Gasteiger partial charge in [-0.05, 0) is 5.70 Å². The number of hydrogen-bond acceptors (Lipinski definition) is 3. The van der Waals surface area contributed by atoms with Crippen LogP contribution < -0.4 is 0 Å². The van der Waals surface area contributed by atoms with Crippen molar-refractivity contribution in [2.45, 2.75) is 32.7 Å². The highest BCUT2D eigenvalue weighted by Crippen LogP contribution is 2.14. The van der Waals surface area contributed by atoms with Crippen LogP contribution in [0.25, 0.3) is 0 Å². The molecule has 0 heterocycles. The minimum absolute atomic E-state index is 1.13. The Balaban J connectivity index is 4.90. The lowest BCUT2D eigenvalue weighted by Gasteiger charge is -2.22. The van der Waals surface area contributed by atoms with E-state index in [-0.39, 0.29) is 0 Å². The number of hydrogen-bond donors (Lipinski definition) is 0. The molecular formula is C12H28O3Si3. The molecule has 3 nitrogen and oxygen atoms in total. The van der Waals surface area contributed by atoms with Gasteiger partial charge in [0.25, 0.3) is 0 Å². The molecule has 0 aromatic rings. The molecule has 0 aliphatic rings. The topological polar surface area (TPSA) is 27.7 Å². The van der Waals surface area contributed by atoms with Crippen molar-refractivity contribution in [2.75, 3.05) is 21.3 Å². The molecule has 0 aromatic carbocycles. The Kier molecular flexibility index (Phi) is 6.98. The maximum atomic E-state index is 5.39. The van der Waals surface area contributed by atoms with E-state index in [0.29, 0.717) is 0 Å². The van der Waals surface area contributed by atoms with E-state index in [4.69, 9.17) is 13.3 Å². The second-order valence-electron chi connectivity index (χ2n) is 6.07. The summed E-state index contributed by atoms with van der Waals surface area (Å²) in [4.78, 5) is 0. The summed E-state index contributed by atoms with van der Waals surface area (Å²) in [5.74, 6) is 0. The Morgan fingerprint density at radius 3 is 1.33 bits per heavy atom. The molecule has 0 aliphatic heterocycles. The van der Waals surface area contributed by atoms with Crippen LogP contribution in [0.5, 0.6) is 0 Å². The highest BCUT2D eigenvalue weighted by atomic mass is 28.4. The smallest absolute Gasteiger partial charge is 0.374 e. The third-order valence-corrected chi connectivity index (χ3v) is 8.75. The third kappa shape index (κ3) is 6.81. The highest BCUT2D eigenvalue weighted by molar-refractivity contribution is 6.90. The fraction of sp³-hybridized carbons (Fsp3) is 0.667. The SMILES string of the molecule is CO[Si](/C=C/[Si](C)(C)/C=C/[Si](C)(C)C)(OC)OC. The van der Waals surface area contributed by atoms with Gasteiger partial charge in [-0.15, -0.1) is 5.70 Å². The van der Waals surface area contributed by atoms with Gasteiger partial charge >= 0.3 is 8.80 Å². The predicted octanol–water partition coefficient (Wildman–Crippen LogP) is 3.18. The van der Waals surface area contributed by atoms with Gasteiger partial charge in [0.05, 0.1) is 16.1 Å². The molecule has 0 unspecified atom stereocenters. The van der Waals surface area contributed by atoms with Crippen LogP contribution in [-0.2, 0) is 13.3 Å². The van der Waals surface area contributed by atoms with Gasteiger partial charge in [-0.1, -0.05) is 44.1 Å². The van der Waals surface area contributed by atoms with Crippen LogP contribution in [0.15, 0.2) is 22.8 Å². The van der Waals surface area contributed by atoms with Gasteiger partial charge < -0.3 is 13.3 Å². The Bertz CT molecular complexity index is 294. The molecule has 6 heteroatoms.